The maximum absolute atomic E-state index is 9.25. The van der Waals surface area contributed by atoms with Gasteiger partial charge in [-0.2, -0.15) is 0 Å². The van der Waals surface area contributed by atoms with Crippen molar-refractivity contribution in [2.24, 2.45) is 0 Å². The Morgan fingerprint density at radius 1 is 1.24 bits per heavy atom. The van der Waals surface area contributed by atoms with E-state index in [4.69, 9.17) is 4.74 Å². The molecule has 1 unspecified atom stereocenters. The van der Waals surface area contributed by atoms with E-state index in [-0.39, 0.29) is 6.61 Å². The van der Waals surface area contributed by atoms with Gasteiger partial charge in [-0.1, -0.05) is 13.0 Å². The van der Waals surface area contributed by atoms with Crippen LogP contribution in [-0.2, 0) is 17.7 Å². The minimum absolute atomic E-state index is 0.271. The molecule has 2 fully saturated rings. The van der Waals surface area contributed by atoms with E-state index in [2.05, 4.69) is 35.0 Å². The van der Waals surface area contributed by atoms with E-state index in [0.717, 1.165) is 50.5 Å². The molecule has 4 heteroatoms. The van der Waals surface area contributed by atoms with Gasteiger partial charge < -0.3 is 9.84 Å². The second-order valence-electron chi connectivity index (χ2n) is 5.74. The van der Waals surface area contributed by atoms with Gasteiger partial charge in [0, 0.05) is 31.5 Å². The van der Waals surface area contributed by atoms with E-state index in [0.29, 0.717) is 6.04 Å². The first-order valence-corrected chi connectivity index (χ1v) is 8.21. The summed E-state index contributed by atoms with van der Waals surface area (Å²) in [6.45, 7) is 6.36. The zero-order valence-electron chi connectivity index (χ0n) is 13.1. The highest BCUT2D eigenvalue weighted by molar-refractivity contribution is 5.11. The molecule has 0 spiro atoms. The molecule has 1 atom stereocenters. The third-order valence-corrected chi connectivity index (χ3v) is 4.13. The topological polar surface area (TPSA) is 45.6 Å². The Morgan fingerprint density at radius 3 is 2.62 bits per heavy atom. The van der Waals surface area contributed by atoms with Crippen LogP contribution in [-0.4, -0.2) is 47.4 Å². The average molecular weight is 292 g/mol. The number of aliphatic hydroxyl groups is 1. The summed E-state index contributed by atoms with van der Waals surface area (Å²) in [7, 11) is 0. The van der Waals surface area contributed by atoms with Gasteiger partial charge in [0.05, 0.1) is 12.3 Å². The number of nitrogens with zero attached hydrogens (tertiary/aromatic N) is 2. The highest BCUT2D eigenvalue weighted by Crippen LogP contribution is 2.18. The van der Waals surface area contributed by atoms with Crippen molar-refractivity contribution in [1.29, 1.82) is 0 Å². The summed E-state index contributed by atoms with van der Waals surface area (Å²) in [4.78, 5) is 6.94. The Morgan fingerprint density at radius 2 is 2.00 bits per heavy atom. The van der Waals surface area contributed by atoms with Crippen LogP contribution in [0.3, 0.4) is 0 Å². The minimum Gasteiger partial charge on any atom is -0.395 e. The van der Waals surface area contributed by atoms with Gasteiger partial charge in [-0.25, -0.2) is 0 Å². The molecule has 3 heterocycles. The molecular weight excluding hydrogens is 264 g/mol. The fourth-order valence-electron chi connectivity index (χ4n) is 2.84. The van der Waals surface area contributed by atoms with Crippen molar-refractivity contribution in [3.05, 3.63) is 29.6 Å². The number of likely N-dealkylation sites (tertiary alicyclic amines) is 1. The van der Waals surface area contributed by atoms with Crippen molar-refractivity contribution in [3.8, 4) is 0 Å². The molecule has 118 valence electrons. The highest BCUT2D eigenvalue weighted by atomic mass is 16.5. The normalized spacial score (nSPS) is 22.1. The molecule has 1 aromatic heterocycles. The molecule has 0 radical (unpaired) electrons. The number of aryl methyl sites for hydroxylation is 1. The van der Waals surface area contributed by atoms with Gasteiger partial charge in [-0.3, -0.25) is 9.88 Å². The summed E-state index contributed by atoms with van der Waals surface area (Å²) in [5.74, 6) is 0. The molecule has 1 N–H and O–H groups in total. The molecule has 0 amide bonds. The van der Waals surface area contributed by atoms with E-state index in [9.17, 15) is 5.11 Å². The first-order chi connectivity index (χ1) is 10.3. The van der Waals surface area contributed by atoms with Gasteiger partial charge in [-0.05, 0) is 50.8 Å². The molecule has 2 aliphatic heterocycles. The molecule has 21 heavy (non-hydrogen) atoms. The monoisotopic (exact) mass is 292 g/mol. The zero-order valence-corrected chi connectivity index (χ0v) is 13.1. The van der Waals surface area contributed by atoms with E-state index in [1.54, 1.807) is 0 Å². The van der Waals surface area contributed by atoms with Crippen LogP contribution in [0.1, 0.15) is 44.0 Å². The van der Waals surface area contributed by atoms with Gasteiger partial charge in [-0.15, -0.1) is 0 Å². The standard InChI is InChI=1S/C13H20N2O.C4H8O/c1-2-11-5-3-6-12(14-11)9-15-8-4-7-13(15)10-16;1-2-4-5-3-1/h3,5-6,13,16H,2,4,7-10H2,1H3;1-4H2. The highest BCUT2D eigenvalue weighted by Gasteiger charge is 2.23. The molecule has 2 saturated heterocycles. The second kappa shape index (κ2) is 9.13. The lowest BCUT2D eigenvalue weighted by Crippen LogP contribution is -2.31. The second-order valence-corrected chi connectivity index (χ2v) is 5.74. The number of aromatic nitrogens is 1. The molecule has 0 bridgehead atoms. The number of rotatable bonds is 4. The van der Waals surface area contributed by atoms with E-state index >= 15 is 0 Å². The van der Waals surface area contributed by atoms with Crippen LogP contribution in [0.15, 0.2) is 18.2 Å². The Hall–Kier alpha value is -0.970. The smallest absolute Gasteiger partial charge is 0.0587 e. The lowest BCUT2D eigenvalue weighted by atomic mass is 10.2. The predicted octanol–water partition coefficient (Wildman–Crippen LogP) is 2.40. The zero-order chi connectivity index (χ0) is 14.9. The van der Waals surface area contributed by atoms with Gasteiger partial charge >= 0.3 is 0 Å². The van der Waals surface area contributed by atoms with Crippen LogP contribution in [0.25, 0.3) is 0 Å². The molecule has 0 saturated carbocycles. The Kier molecular flexibility index (Phi) is 7.13. The summed E-state index contributed by atoms with van der Waals surface area (Å²) in [5, 5.41) is 9.25. The summed E-state index contributed by atoms with van der Waals surface area (Å²) in [5.41, 5.74) is 2.27. The Labute approximate surface area is 128 Å². The quantitative estimate of drug-likeness (QED) is 0.925. The number of ether oxygens (including phenoxy) is 1. The van der Waals surface area contributed by atoms with E-state index in [1.807, 2.05) is 0 Å². The van der Waals surface area contributed by atoms with E-state index < -0.39 is 0 Å². The number of hydrogen-bond donors (Lipinski definition) is 1. The SMILES string of the molecule is C1CCOC1.CCc1cccc(CN2CCCC2CO)n1. The van der Waals surface area contributed by atoms with Crippen molar-refractivity contribution < 1.29 is 9.84 Å². The average Bonchev–Trinajstić information content (AvgIpc) is 3.22. The van der Waals surface area contributed by atoms with Crippen molar-refractivity contribution in [1.82, 2.24) is 9.88 Å². The number of hydrogen-bond acceptors (Lipinski definition) is 4. The third-order valence-electron chi connectivity index (χ3n) is 4.13. The van der Waals surface area contributed by atoms with Gasteiger partial charge in [0.25, 0.3) is 0 Å². The maximum atomic E-state index is 9.25. The fraction of sp³-hybridized carbons (Fsp3) is 0.706. The van der Waals surface area contributed by atoms with Crippen LogP contribution >= 0.6 is 0 Å². The minimum atomic E-state index is 0.271. The van der Waals surface area contributed by atoms with Crippen molar-refractivity contribution in [2.45, 2.75) is 51.6 Å². The maximum Gasteiger partial charge on any atom is 0.0587 e. The lowest BCUT2D eigenvalue weighted by Gasteiger charge is -2.22. The van der Waals surface area contributed by atoms with Crippen molar-refractivity contribution in [3.63, 3.8) is 0 Å². The predicted molar refractivity (Wildman–Crippen MR) is 84.2 cm³/mol. The van der Waals surface area contributed by atoms with E-state index in [1.165, 1.54) is 19.3 Å². The summed E-state index contributed by atoms with van der Waals surface area (Å²) in [6, 6.07) is 6.56. The number of pyridine rings is 1. The first-order valence-electron chi connectivity index (χ1n) is 8.21. The van der Waals surface area contributed by atoms with Gasteiger partial charge in [0.1, 0.15) is 0 Å². The largest absolute Gasteiger partial charge is 0.395 e. The molecule has 4 nitrogen and oxygen atoms in total. The van der Waals surface area contributed by atoms with Gasteiger partial charge in [0.15, 0.2) is 0 Å². The lowest BCUT2D eigenvalue weighted by molar-refractivity contribution is 0.152. The van der Waals surface area contributed by atoms with Crippen molar-refractivity contribution >= 4 is 0 Å². The van der Waals surface area contributed by atoms with Gasteiger partial charge in [0.2, 0.25) is 0 Å². The Bertz CT molecular complexity index is 400. The first kappa shape index (κ1) is 16.4. The molecule has 1 aromatic rings. The summed E-state index contributed by atoms with van der Waals surface area (Å²) in [6.07, 6.45) is 5.85. The van der Waals surface area contributed by atoms with Crippen molar-refractivity contribution in [2.75, 3.05) is 26.4 Å². The molecule has 0 aromatic carbocycles. The van der Waals surface area contributed by atoms with Crippen LogP contribution in [0.4, 0.5) is 0 Å². The summed E-state index contributed by atoms with van der Waals surface area (Å²) < 4.78 is 4.94. The van der Waals surface area contributed by atoms with Crippen LogP contribution < -0.4 is 0 Å². The fourth-order valence-corrected chi connectivity index (χ4v) is 2.84. The molecule has 0 aliphatic carbocycles. The third kappa shape index (κ3) is 5.38. The Balaban J connectivity index is 0.000000272. The molecular formula is C17H28N2O2. The number of aliphatic hydroxyl groups excluding tert-OH is 1. The molecule has 2 aliphatic rings. The van der Waals surface area contributed by atoms with Crippen LogP contribution in [0.2, 0.25) is 0 Å². The summed E-state index contributed by atoms with van der Waals surface area (Å²) >= 11 is 0. The van der Waals surface area contributed by atoms with Crippen LogP contribution in [0.5, 0.6) is 0 Å². The van der Waals surface area contributed by atoms with Crippen LogP contribution in [0, 0.1) is 0 Å². The molecule has 3 rings (SSSR count).